The molecule has 0 saturated heterocycles. The van der Waals surface area contributed by atoms with Gasteiger partial charge in [-0.3, -0.25) is 4.79 Å². The van der Waals surface area contributed by atoms with E-state index in [2.05, 4.69) is 55.6 Å². The van der Waals surface area contributed by atoms with Crippen LogP contribution in [0.15, 0.2) is 78.9 Å². The summed E-state index contributed by atoms with van der Waals surface area (Å²) in [5, 5.41) is 3.02. The topological polar surface area (TPSA) is 29.1 Å². The highest BCUT2D eigenvalue weighted by molar-refractivity contribution is 6.05. The minimum absolute atomic E-state index is 0.0500. The molecule has 0 radical (unpaired) electrons. The quantitative estimate of drug-likeness (QED) is 0.598. The van der Waals surface area contributed by atoms with Crippen LogP contribution in [0.25, 0.3) is 0 Å². The monoisotopic (exact) mass is 343 g/mol. The number of amides is 1. The molecule has 1 N–H and O–H groups in total. The van der Waals surface area contributed by atoms with E-state index in [1.807, 2.05) is 42.5 Å². The number of anilines is 1. The van der Waals surface area contributed by atoms with Crippen molar-refractivity contribution in [3.8, 4) is 0 Å². The van der Waals surface area contributed by atoms with Crippen LogP contribution >= 0.6 is 0 Å². The molecule has 26 heavy (non-hydrogen) atoms. The van der Waals surface area contributed by atoms with E-state index in [1.165, 1.54) is 11.1 Å². The molecule has 0 aromatic heterocycles. The fourth-order valence-electron chi connectivity index (χ4n) is 3.03. The van der Waals surface area contributed by atoms with Crippen LogP contribution in [-0.2, 0) is 12.8 Å². The summed E-state index contributed by atoms with van der Waals surface area (Å²) in [5.74, 6) is 0.435. The number of hydrogen-bond acceptors (Lipinski definition) is 1. The molecule has 3 aromatic rings. The van der Waals surface area contributed by atoms with Crippen LogP contribution in [0, 0.1) is 0 Å². The van der Waals surface area contributed by atoms with E-state index in [9.17, 15) is 4.79 Å². The van der Waals surface area contributed by atoms with Crippen molar-refractivity contribution in [3.63, 3.8) is 0 Å². The second-order valence-corrected chi connectivity index (χ2v) is 6.87. The minimum atomic E-state index is -0.0500. The van der Waals surface area contributed by atoms with Crippen molar-refractivity contribution in [2.75, 3.05) is 5.32 Å². The number of rotatable bonds is 6. The van der Waals surface area contributed by atoms with Gasteiger partial charge in [-0.1, -0.05) is 74.5 Å². The molecule has 0 saturated carbocycles. The van der Waals surface area contributed by atoms with Crippen LogP contribution < -0.4 is 5.32 Å². The summed E-state index contributed by atoms with van der Waals surface area (Å²) < 4.78 is 0. The number of carbonyl (C=O) groups is 1. The molecule has 1 amide bonds. The normalized spacial score (nSPS) is 10.7. The maximum absolute atomic E-state index is 12.8. The van der Waals surface area contributed by atoms with Gasteiger partial charge in [0, 0.05) is 11.3 Å². The Bertz CT molecular complexity index is 851. The lowest BCUT2D eigenvalue weighted by Crippen LogP contribution is -2.14. The average Bonchev–Trinajstić information content (AvgIpc) is 2.68. The lowest BCUT2D eigenvalue weighted by molar-refractivity contribution is 0.102. The van der Waals surface area contributed by atoms with Crippen LogP contribution in [-0.4, -0.2) is 5.91 Å². The van der Waals surface area contributed by atoms with Gasteiger partial charge in [-0.2, -0.15) is 0 Å². The van der Waals surface area contributed by atoms with Crippen LogP contribution in [0.5, 0.6) is 0 Å². The molecule has 3 aromatic carbocycles. The number of aryl methyl sites for hydroxylation is 2. The molecule has 0 aliphatic rings. The number of carbonyl (C=O) groups excluding carboxylic acids is 1. The second kappa shape index (κ2) is 8.48. The van der Waals surface area contributed by atoms with Gasteiger partial charge in [0.1, 0.15) is 0 Å². The predicted octanol–water partition coefficient (Wildman–Crippen LogP) is 5.85. The van der Waals surface area contributed by atoms with E-state index in [0.29, 0.717) is 5.92 Å². The molecule has 0 heterocycles. The van der Waals surface area contributed by atoms with Crippen molar-refractivity contribution in [2.24, 2.45) is 0 Å². The SMILES string of the molecule is CC(C)c1ccc(NC(=O)c2ccccc2CCc2ccccc2)cc1. The lowest BCUT2D eigenvalue weighted by Gasteiger charge is -2.11. The van der Waals surface area contributed by atoms with Crippen molar-refractivity contribution in [1.29, 1.82) is 0 Å². The Kier molecular flexibility index (Phi) is 5.85. The Morgan fingerprint density at radius 2 is 1.46 bits per heavy atom. The summed E-state index contributed by atoms with van der Waals surface area (Å²) in [7, 11) is 0. The second-order valence-electron chi connectivity index (χ2n) is 6.87. The average molecular weight is 343 g/mol. The maximum Gasteiger partial charge on any atom is 0.255 e. The first kappa shape index (κ1) is 17.9. The molecule has 0 aliphatic carbocycles. The van der Waals surface area contributed by atoms with E-state index in [1.54, 1.807) is 0 Å². The van der Waals surface area contributed by atoms with Gasteiger partial charge < -0.3 is 5.32 Å². The highest BCUT2D eigenvalue weighted by Gasteiger charge is 2.11. The summed E-state index contributed by atoms with van der Waals surface area (Å²) in [6, 6.07) is 26.3. The van der Waals surface area contributed by atoms with Crippen molar-refractivity contribution in [2.45, 2.75) is 32.6 Å². The zero-order valence-corrected chi connectivity index (χ0v) is 15.4. The van der Waals surface area contributed by atoms with E-state index in [4.69, 9.17) is 0 Å². The molecule has 0 fully saturated rings. The number of hydrogen-bond donors (Lipinski definition) is 1. The molecule has 2 nitrogen and oxygen atoms in total. The van der Waals surface area contributed by atoms with E-state index >= 15 is 0 Å². The first-order valence-electron chi connectivity index (χ1n) is 9.16. The van der Waals surface area contributed by atoms with Crippen molar-refractivity contribution in [1.82, 2.24) is 0 Å². The van der Waals surface area contributed by atoms with Crippen LogP contribution in [0.2, 0.25) is 0 Å². The number of nitrogens with one attached hydrogen (secondary N) is 1. The van der Waals surface area contributed by atoms with Gasteiger partial charge in [0.05, 0.1) is 0 Å². The highest BCUT2D eigenvalue weighted by Crippen LogP contribution is 2.19. The van der Waals surface area contributed by atoms with Gasteiger partial charge >= 0.3 is 0 Å². The molecular formula is C24H25NO. The Morgan fingerprint density at radius 1 is 0.808 bits per heavy atom. The Labute approximate surface area is 155 Å². The Morgan fingerprint density at radius 3 is 2.15 bits per heavy atom. The van der Waals surface area contributed by atoms with Crippen LogP contribution in [0.1, 0.15) is 46.8 Å². The summed E-state index contributed by atoms with van der Waals surface area (Å²) in [6.45, 7) is 4.33. The molecule has 0 aliphatic heterocycles. The lowest BCUT2D eigenvalue weighted by atomic mass is 9.99. The van der Waals surface area contributed by atoms with E-state index < -0.39 is 0 Å². The van der Waals surface area contributed by atoms with E-state index in [0.717, 1.165) is 29.7 Å². The predicted molar refractivity (Wildman–Crippen MR) is 109 cm³/mol. The van der Waals surface area contributed by atoms with Crippen molar-refractivity contribution in [3.05, 3.63) is 101 Å². The zero-order chi connectivity index (χ0) is 18.4. The van der Waals surface area contributed by atoms with Gasteiger partial charge in [-0.05, 0) is 53.6 Å². The van der Waals surface area contributed by atoms with Gasteiger partial charge in [-0.15, -0.1) is 0 Å². The Hall–Kier alpha value is -2.87. The van der Waals surface area contributed by atoms with Gasteiger partial charge in [-0.25, -0.2) is 0 Å². The largest absolute Gasteiger partial charge is 0.322 e. The third-order valence-corrected chi connectivity index (χ3v) is 4.62. The molecule has 2 heteroatoms. The third kappa shape index (κ3) is 4.60. The van der Waals surface area contributed by atoms with E-state index in [-0.39, 0.29) is 5.91 Å². The first-order valence-corrected chi connectivity index (χ1v) is 9.16. The van der Waals surface area contributed by atoms with Gasteiger partial charge in [0.15, 0.2) is 0 Å². The van der Waals surface area contributed by atoms with Gasteiger partial charge in [0.2, 0.25) is 0 Å². The van der Waals surface area contributed by atoms with Crippen molar-refractivity contribution >= 4 is 11.6 Å². The van der Waals surface area contributed by atoms with Crippen LogP contribution in [0.4, 0.5) is 5.69 Å². The summed E-state index contributed by atoms with van der Waals surface area (Å²) in [5.41, 5.74) is 5.21. The maximum atomic E-state index is 12.8. The molecule has 0 bridgehead atoms. The molecule has 0 unspecified atom stereocenters. The van der Waals surface area contributed by atoms with Gasteiger partial charge in [0.25, 0.3) is 5.91 Å². The van der Waals surface area contributed by atoms with Crippen molar-refractivity contribution < 1.29 is 4.79 Å². The number of benzene rings is 3. The molecule has 0 atom stereocenters. The molecule has 0 spiro atoms. The fraction of sp³-hybridized carbons (Fsp3) is 0.208. The first-order chi connectivity index (χ1) is 12.6. The standard InChI is InChI=1S/C24H25NO/c1-18(2)20-14-16-22(17-15-20)25-24(26)23-11-7-6-10-21(23)13-12-19-8-4-3-5-9-19/h3-11,14-18H,12-13H2,1-2H3,(H,25,26). The zero-order valence-electron chi connectivity index (χ0n) is 15.4. The minimum Gasteiger partial charge on any atom is -0.322 e. The third-order valence-electron chi connectivity index (χ3n) is 4.62. The van der Waals surface area contributed by atoms with Crippen LogP contribution in [0.3, 0.4) is 0 Å². The highest BCUT2D eigenvalue weighted by atomic mass is 16.1. The summed E-state index contributed by atoms with van der Waals surface area (Å²) in [6.07, 6.45) is 1.77. The summed E-state index contributed by atoms with van der Waals surface area (Å²) in [4.78, 5) is 12.8. The molecular weight excluding hydrogens is 318 g/mol. The molecule has 132 valence electrons. The Balaban J connectivity index is 1.71. The fourth-order valence-corrected chi connectivity index (χ4v) is 3.03. The smallest absolute Gasteiger partial charge is 0.255 e. The molecule has 3 rings (SSSR count). The summed E-state index contributed by atoms with van der Waals surface area (Å²) >= 11 is 0.